The number of piperazine rings is 1. The molecule has 1 fully saturated rings. The lowest BCUT2D eigenvalue weighted by atomic mass is 10.2. The minimum atomic E-state index is 0.154. The summed E-state index contributed by atoms with van der Waals surface area (Å²) >= 11 is 3.81. The van der Waals surface area contributed by atoms with Crippen molar-refractivity contribution in [1.82, 2.24) is 18.8 Å². The molecule has 0 radical (unpaired) electrons. The molecule has 4 rings (SSSR count). The van der Waals surface area contributed by atoms with Crippen molar-refractivity contribution in [3.8, 4) is 0 Å². The van der Waals surface area contributed by atoms with Gasteiger partial charge in [0, 0.05) is 48.7 Å². The van der Waals surface area contributed by atoms with Crippen LogP contribution in [0.25, 0.3) is 10.1 Å². The quantitative estimate of drug-likeness (QED) is 0.389. The molecule has 1 aliphatic heterocycles. The molecule has 8 heteroatoms. The first-order valence-electron chi connectivity index (χ1n) is 9.24. The third kappa shape index (κ3) is 4.49. The summed E-state index contributed by atoms with van der Waals surface area (Å²) in [7, 11) is 0. The zero-order chi connectivity index (χ0) is 18.6. The summed E-state index contributed by atoms with van der Waals surface area (Å²) in [5.74, 6) is 0.833. The predicted octanol–water partition coefficient (Wildman–Crippen LogP) is 3.06. The number of aryl methyl sites for hydroxylation is 1. The average molecular weight is 495 g/mol. The fraction of sp³-hybridized carbons (Fsp3) is 0.421. The molecule has 27 heavy (non-hydrogen) atoms. The second-order valence-electron chi connectivity index (χ2n) is 6.73. The van der Waals surface area contributed by atoms with Crippen molar-refractivity contribution in [3.63, 3.8) is 0 Å². The topological polar surface area (TPSA) is 54.3 Å². The Morgan fingerprint density at radius 1 is 1.00 bits per heavy atom. The van der Waals surface area contributed by atoms with E-state index in [9.17, 15) is 4.79 Å². The lowest BCUT2D eigenvalue weighted by Crippen LogP contribution is -2.47. The van der Waals surface area contributed by atoms with E-state index in [2.05, 4.69) is 42.4 Å². The van der Waals surface area contributed by atoms with Gasteiger partial charge in [0.15, 0.2) is 0 Å². The molecule has 6 nitrogen and oxygen atoms in total. The Labute approximate surface area is 176 Å². The number of nitrogens with zero attached hydrogens (tertiary/aromatic N) is 5. The minimum Gasteiger partial charge on any atom is -0.338 e. The molecule has 142 valence electrons. The van der Waals surface area contributed by atoms with Crippen LogP contribution in [0.15, 0.2) is 41.5 Å². The lowest BCUT2D eigenvalue weighted by molar-refractivity contribution is 0.250. The van der Waals surface area contributed by atoms with E-state index in [4.69, 9.17) is 0 Å². The molecule has 1 aliphatic rings. The molecule has 0 N–H and O–H groups in total. The van der Waals surface area contributed by atoms with Crippen LogP contribution in [0, 0.1) is 3.57 Å². The molecular formula is C19H22IN5OS. The van der Waals surface area contributed by atoms with Gasteiger partial charge in [-0.1, -0.05) is 23.7 Å². The maximum absolute atomic E-state index is 12.4. The number of unbranched alkanes of at least 4 members (excludes halogenated alkanes) is 1. The summed E-state index contributed by atoms with van der Waals surface area (Å²) < 4.78 is 4.04. The number of hydrogen-bond donors (Lipinski definition) is 0. The van der Waals surface area contributed by atoms with Gasteiger partial charge in [-0.2, -0.15) is 0 Å². The fourth-order valence-electron chi connectivity index (χ4n) is 3.40. The van der Waals surface area contributed by atoms with Crippen molar-refractivity contribution >= 4 is 50.2 Å². The lowest BCUT2D eigenvalue weighted by Gasteiger charge is -2.34. The van der Waals surface area contributed by atoms with E-state index in [0.29, 0.717) is 0 Å². The average Bonchev–Trinajstić information content (AvgIpc) is 3.02. The molecule has 3 aromatic rings. The van der Waals surface area contributed by atoms with Crippen molar-refractivity contribution in [2.75, 3.05) is 37.6 Å². The van der Waals surface area contributed by atoms with Gasteiger partial charge in [0.2, 0.25) is 5.95 Å². The largest absolute Gasteiger partial charge is 0.338 e. The monoisotopic (exact) mass is 495 g/mol. The first kappa shape index (κ1) is 18.8. The van der Waals surface area contributed by atoms with Crippen LogP contribution in [0.1, 0.15) is 12.8 Å². The zero-order valence-corrected chi connectivity index (χ0v) is 18.0. The van der Waals surface area contributed by atoms with Gasteiger partial charge in [-0.15, -0.1) is 0 Å². The van der Waals surface area contributed by atoms with Crippen molar-refractivity contribution in [2.45, 2.75) is 19.4 Å². The number of halogens is 1. The molecule has 0 spiro atoms. The van der Waals surface area contributed by atoms with E-state index in [1.807, 2.05) is 40.6 Å². The summed E-state index contributed by atoms with van der Waals surface area (Å²) in [4.78, 5) is 26.0. The van der Waals surface area contributed by atoms with Gasteiger partial charge in [-0.3, -0.25) is 13.7 Å². The Hall–Kier alpha value is -1.52. The number of benzene rings is 1. The smallest absolute Gasteiger partial charge is 0.268 e. The molecule has 0 saturated carbocycles. The highest BCUT2D eigenvalue weighted by molar-refractivity contribution is 14.1. The zero-order valence-electron chi connectivity index (χ0n) is 15.1. The summed E-state index contributed by atoms with van der Waals surface area (Å²) in [6.07, 6.45) is 5.88. The molecule has 0 aliphatic carbocycles. The molecule has 0 atom stereocenters. The van der Waals surface area contributed by atoms with Gasteiger partial charge >= 0.3 is 0 Å². The summed E-state index contributed by atoms with van der Waals surface area (Å²) in [5.41, 5.74) is 0.154. The maximum Gasteiger partial charge on any atom is 0.268 e. The highest BCUT2D eigenvalue weighted by Crippen LogP contribution is 2.16. The van der Waals surface area contributed by atoms with Crippen LogP contribution in [-0.2, 0) is 6.54 Å². The van der Waals surface area contributed by atoms with Gasteiger partial charge in [0.1, 0.15) is 0 Å². The summed E-state index contributed by atoms with van der Waals surface area (Å²) in [5, 5.41) is 0.844. The van der Waals surface area contributed by atoms with Crippen LogP contribution in [0.4, 0.5) is 5.95 Å². The third-order valence-corrected chi connectivity index (χ3v) is 6.58. The molecule has 3 heterocycles. The number of hydrogen-bond acceptors (Lipinski definition) is 6. The van der Waals surface area contributed by atoms with Crippen molar-refractivity contribution in [2.24, 2.45) is 0 Å². The molecule has 2 aromatic heterocycles. The number of anilines is 1. The SMILES string of the molecule is O=c1c2ccccc2sn1CCCCN1CCN(c2ncc(I)cn2)CC1. The summed E-state index contributed by atoms with van der Waals surface area (Å²) in [6, 6.07) is 7.86. The molecule has 0 unspecified atom stereocenters. The van der Waals surface area contributed by atoms with Crippen molar-refractivity contribution in [1.29, 1.82) is 0 Å². The van der Waals surface area contributed by atoms with Crippen LogP contribution >= 0.6 is 34.1 Å². The molecule has 0 amide bonds. The Bertz CT molecular complexity index is 947. The Morgan fingerprint density at radius 2 is 1.70 bits per heavy atom. The van der Waals surface area contributed by atoms with Gasteiger partial charge < -0.3 is 4.90 Å². The standard InChI is InChI=1S/C19H22IN5OS/c20-15-13-21-19(22-14-15)24-11-9-23(10-12-24)7-3-4-8-25-18(26)16-5-1-2-6-17(16)27-25/h1-2,5-6,13-14H,3-4,7-12H2. The molecular weight excluding hydrogens is 473 g/mol. The highest BCUT2D eigenvalue weighted by atomic mass is 127. The van der Waals surface area contributed by atoms with E-state index in [1.54, 1.807) is 11.5 Å². The first-order chi connectivity index (χ1) is 13.2. The van der Waals surface area contributed by atoms with Gasteiger partial charge in [-0.25, -0.2) is 9.97 Å². The Kier molecular flexibility index (Phi) is 6.04. The second-order valence-corrected chi connectivity index (χ2v) is 9.04. The molecule has 1 aromatic carbocycles. The van der Waals surface area contributed by atoms with E-state index in [1.165, 1.54) is 0 Å². The van der Waals surface area contributed by atoms with Crippen molar-refractivity contribution in [3.05, 3.63) is 50.6 Å². The van der Waals surface area contributed by atoms with Crippen LogP contribution in [0.3, 0.4) is 0 Å². The normalized spacial score (nSPS) is 15.5. The van der Waals surface area contributed by atoms with Gasteiger partial charge in [0.25, 0.3) is 5.56 Å². The van der Waals surface area contributed by atoms with Crippen LogP contribution < -0.4 is 10.5 Å². The minimum absolute atomic E-state index is 0.154. The first-order valence-corrected chi connectivity index (χ1v) is 11.1. The van der Waals surface area contributed by atoms with Crippen LogP contribution in [0.2, 0.25) is 0 Å². The predicted molar refractivity (Wildman–Crippen MR) is 119 cm³/mol. The fourth-order valence-corrected chi connectivity index (χ4v) is 4.71. The maximum atomic E-state index is 12.4. The highest BCUT2D eigenvalue weighted by Gasteiger charge is 2.18. The molecule has 1 saturated heterocycles. The van der Waals surface area contributed by atoms with E-state index in [-0.39, 0.29) is 5.56 Å². The van der Waals surface area contributed by atoms with Crippen molar-refractivity contribution < 1.29 is 0 Å². The number of fused-ring (bicyclic) bond motifs is 1. The third-order valence-electron chi connectivity index (χ3n) is 4.90. The Morgan fingerprint density at radius 3 is 2.44 bits per heavy atom. The second kappa shape index (κ2) is 8.66. The van der Waals surface area contributed by atoms with E-state index < -0.39 is 0 Å². The number of rotatable bonds is 6. The Balaban J connectivity index is 1.22. The summed E-state index contributed by atoms with van der Waals surface area (Å²) in [6.45, 7) is 5.92. The number of aromatic nitrogens is 3. The van der Waals surface area contributed by atoms with Gasteiger partial charge in [-0.05, 0) is 54.1 Å². The van der Waals surface area contributed by atoms with Gasteiger partial charge in [0.05, 0.1) is 10.1 Å². The van der Waals surface area contributed by atoms with E-state index in [0.717, 1.165) is 71.7 Å². The van der Waals surface area contributed by atoms with Crippen LogP contribution in [0.5, 0.6) is 0 Å². The molecule has 0 bridgehead atoms. The van der Waals surface area contributed by atoms with Crippen LogP contribution in [-0.4, -0.2) is 51.5 Å². The van der Waals surface area contributed by atoms with E-state index >= 15 is 0 Å².